The molecular formula is C19H22N4OS. The van der Waals surface area contributed by atoms with Gasteiger partial charge in [0.15, 0.2) is 0 Å². The van der Waals surface area contributed by atoms with E-state index in [9.17, 15) is 4.79 Å². The molecule has 1 aromatic carbocycles. The molecule has 0 saturated heterocycles. The molecule has 0 aliphatic carbocycles. The summed E-state index contributed by atoms with van der Waals surface area (Å²) < 4.78 is 2.14. The maximum Gasteiger partial charge on any atom is 0.317 e. The van der Waals surface area contributed by atoms with Gasteiger partial charge in [-0.05, 0) is 48.9 Å². The molecule has 130 valence electrons. The van der Waals surface area contributed by atoms with Crippen molar-refractivity contribution in [1.82, 2.24) is 19.8 Å². The topological polar surface area (TPSA) is 50.2 Å². The summed E-state index contributed by atoms with van der Waals surface area (Å²) in [6, 6.07) is 10.5. The molecule has 0 unspecified atom stereocenters. The van der Waals surface area contributed by atoms with Gasteiger partial charge in [-0.1, -0.05) is 12.1 Å². The Labute approximate surface area is 151 Å². The van der Waals surface area contributed by atoms with E-state index in [1.165, 1.54) is 10.4 Å². The van der Waals surface area contributed by atoms with Gasteiger partial charge in [-0.2, -0.15) is 0 Å². The highest BCUT2D eigenvalue weighted by molar-refractivity contribution is 7.10. The molecule has 3 aromatic rings. The second-order valence-electron chi connectivity index (χ2n) is 6.43. The van der Waals surface area contributed by atoms with E-state index in [4.69, 9.17) is 0 Å². The van der Waals surface area contributed by atoms with Crippen LogP contribution in [0.5, 0.6) is 0 Å². The van der Waals surface area contributed by atoms with Crippen LogP contribution < -0.4 is 5.32 Å². The van der Waals surface area contributed by atoms with Crippen LogP contribution in [0.3, 0.4) is 0 Å². The van der Waals surface area contributed by atoms with Gasteiger partial charge in [0.2, 0.25) is 0 Å². The van der Waals surface area contributed by atoms with Crippen molar-refractivity contribution in [2.24, 2.45) is 0 Å². The molecule has 1 aliphatic heterocycles. The lowest BCUT2D eigenvalue weighted by atomic mass is 10.0. The van der Waals surface area contributed by atoms with Crippen LogP contribution in [0.2, 0.25) is 0 Å². The average molecular weight is 354 g/mol. The molecule has 0 spiro atoms. The number of amides is 2. The summed E-state index contributed by atoms with van der Waals surface area (Å²) in [6.07, 6.45) is 3.72. The maximum atomic E-state index is 12.5. The van der Waals surface area contributed by atoms with E-state index in [0.717, 1.165) is 37.0 Å². The lowest BCUT2D eigenvalue weighted by Crippen LogP contribution is -2.44. The Kier molecular flexibility index (Phi) is 4.44. The number of benzene rings is 1. The number of carbonyl (C=O) groups is 1. The number of aromatic nitrogens is 2. The minimum Gasteiger partial charge on any atom is -0.338 e. The third-order valence-electron chi connectivity index (χ3n) is 4.92. The first-order valence-electron chi connectivity index (χ1n) is 8.74. The van der Waals surface area contributed by atoms with Crippen LogP contribution in [0, 0.1) is 0 Å². The molecule has 0 radical (unpaired) electrons. The van der Waals surface area contributed by atoms with Crippen LogP contribution >= 0.6 is 11.3 Å². The van der Waals surface area contributed by atoms with Crippen molar-refractivity contribution < 1.29 is 4.79 Å². The molecule has 2 amide bonds. The van der Waals surface area contributed by atoms with E-state index in [2.05, 4.69) is 39.3 Å². The summed E-state index contributed by atoms with van der Waals surface area (Å²) in [5, 5.41) is 5.20. The van der Waals surface area contributed by atoms with E-state index in [0.29, 0.717) is 6.54 Å². The first-order valence-corrected chi connectivity index (χ1v) is 9.62. The fourth-order valence-corrected chi connectivity index (χ4v) is 4.48. The Morgan fingerprint density at radius 2 is 2.24 bits per heavy atom. The molecule has 6 heteroatoms. The summed E-state index contributed by atoms with van der Waals surface area (Å²) >= 11 is 1.80. The van der Waals surface area contributed by atoms with E-state index < -0.39 is 0 Å². The Morgan fingerprint density at radius 1 is 1.36 bits per heavy atom. The zero-order chi connectivity index (χ0) is 17.2. The van der Waals surface area contributed by atoms with Crippen LogP contribution in [-0.2, 0) is 13.0 Å². The van der Waals surface area contributed by atoms with E-state index >= 15 is 0 Å². The second-order valence-corrected chi connectivity index (χ2v) is 7.43. The lowest BCUT2D eigenvalue weighted by Gasteiger charge is -2.33. The molecule has 0 fully saturated rings. The molecule has 5 nitrogen and oxygen atoms in total. The first-order chi connectivity index (χ1) is 12.2. The number of rotatable bonds is 4. The highest BCUT2D eigenvalue weighted by Crippen LogP contribution is 2.32. The SMILES string of the molecule is C[C@@H]1c2ccsc2CCN1C(=O)NCCCn1cnc2ccccc21. The van der Waals surface area contributed by atoms with Gasteiger partial charge in [-0.3, -0.25) is 0 Å². The predicted octanol–water partition coefficient (Wildman–Crippen LogP) is 3.82. The molecular weight excluding hydrogens is 332 g/mol. The van der Waals surface area contributed by atoms with Crippen LogP contribution in [-0.4, -0.2) is 33.6 Å². The van der Waals surface area contributed by atoms with Crippen molar-refractivity contribution in [1.29, 1.82) is 0 Å². The number of hydrogen-bond acceptors (Lipinski definition) is 3. The van der Waals surface area contributed by atoms with Gasteiger partial charge in [-0.25, -0.2) is 9.78 Å². The zero-order valence-corrected chi connectivity index (χ0v) is 15.1. The molecule has 1 N–H and O–H groups in total. The van der Waals surface area contributed by atoms with Gasteiger partial charge in [0.25, 0.3) is 0 Å². The van der Waals surface area contributed by atoms with Crippen molar-refractivity contribution in [3.05, 3.63) is 52.5 Å². The van der Waals surface area contributed by atoms with Gasteiger partial charge >= 0.3 is 6.03 Å². The number of carbonyl (C=O) groups excluding carboxylic acids is 1. The number of urea groups is 1. The van der Waals surface area contributed by atoms with E-state index in [-0.39, 0.29) is 12.1 Å². The van der Waals surface area contributed by atoms with Crippen LogP contribution in [0.15, 0.2) is 42.0 Å². The average Bonchev–Trinajstić information content (AvgIpc) is 3.26. The zero-order valence-electron chi connectivity index (χ0n) is 14.3. The van der Waals surface area contributed by atoms with E-state index in [1.807, 2.05) is 29.4 Å². The minimum atomic E-state index is 0.0415. The van der Waals surface area contributed by atoms with Crippen molar-refractivity contribution in [3.63, 3.8) is 0 Å². The largest absolute Gasteiger partial charge is 0.338 e. The van der Waals surface area contributed by atoms with E-state index in [1.54, 1.807) is 11.3 Å². The molecule has 0 bridgehead atoms. The van der Waals surface area contributed by atoms with Crippen molar-refractivity contribution in [3.8, 4) is 0 Å². The monoisotopic (exact) mass is 354 g/mol. The van der Waals surface area contributed by atoms with Crippen LogP contribution in [0.1, 0.15) is 29.8 Å². The van der Waals surface area contributed by atoms with Gasteiger partial charge in [-0.15, -0.1) is 11.3 Å². The standard InChI is InChI=1S/C19H22N4OS/c1-14-15-8-12-25-18(15)7-11-23(14)19(24)20-9-4-10-22-13-21-16-5-2-3-6-17(16)22/h2-3,5-6,8,12-14H,4,7,9-11H2,1H3,(H,20,24)/t14-/m1/s1. The number of nitrogens with zero attached hydrogens (tertiary/aromatic N) is 3. The minimum absolute atomic E-state index is 0.0415. The van der Waals surface area contributed by atoms with Crippen molar-refractivity contribution >= 4 is 28.4 Å². The van der Waals surface area contributed by atoms with Crippen LogP contribution in [0.25, 0.3) is 11.0 Å². The number of aryl methyl sites for hydroxylation is 1. The molecule has 25 heavy (non-hydrogen) atoms. The fraction of sp³-hybridized carbons (Fsp3) is 0.368. The third-order valence-corrected chi connectivity index (χ3v) is 5.91. The summed E-state index contributed by atoms with van der Waals surface area (Å²) in [7, 11) is 0. The Hall–Kier alpha value is -2.34. The maximum absolute atomic E-state index is 12.5. The highest BCUT2D eigenvalue weighted by atomic mass is 32.1. The molecule has 2 aromatic heterocycles. The number of hydrogen-bond donors (Lipinski definition) is 1. The van der Waals surface area contributed by atoms with Gasteiger partial charge < -0.3 is 14.8 Å². The van der Waals surface area contributed by atoms with Gasteiger partial charge in [0.05, 0.1) is 23.4 Å². The van der Waals surface area contributed by atoms with Gasteiger partial charge in [0.1, 0.15) is 0 Å². The molecule has 4 rings (SSSR count). The molecule has 1 atom stereocenters. The number of para-hydroxylation sites is 2. The summed E-state index contributed by atoms with van der Waals surface area (Å²) in [5.74, 6) is 0. The molecule has 3 heterocycles. The number of fused-ring (bicyclic) bond motifs is 2. The summed E-state index contributed by atoms with van der Waals surface area (Å²) in [5.41, 5.74) is 3.46. The Bertz CT molecular complexity index is 884. The third kappa shape index (κ3) is 3.14. The summed E-state index contributed by atoms with van der Waals surface area (Å²) in [6.45, 7) is 4.44. The van der Waals surface area contributed by atoms with Crippen molar-refractivity contribution in [2.45, 2.75) is 32.4 Å². The number of imidazole rings is 1. The first kappa shape index (κ1) is 16.1. The number of nitrogens with one attached hydrogen (secondary N) is 1. The van der Waals surface area contributed by atoms with Crippen LogP contribution in [0.4, 0.5) is 4.79 Å². The Balaban J connectivity index is 1.30. The number of thiophene rings is 1. The predicted molar refractivity (Wildman–Crippen MR) is 101 cm³/mol. The van der Waals surface area contributed by atoms with Gasteiger partial charge in [0, 0.05) is 24.5 Å². The Morgan fingerprint density at radius 3 is 3.16 bits per heavy atom. The molecule has 1 aliphatic rings. The molecule has 0 saturated carbocycles. The van der Waals surface area contributed by atoms with Crippen molar-refractivity contribution in [2.75, 3.05) is 13.1 Å². The quantitative estimate of drug-likeness (QED) is 0.724. The summed E-state index contributed by atoms with van der Waals surface area (Å²) in [4.78, 5) is 20.3. The lowest BCUT2D eigenvalue weighted by molar-refractivity contribution is 0.175. The fourth-order valence-electron chi connectivity index (χ4n) is 3.52. The smallest absolute Gasteiger partial charge is 0.317 e. The normalized spacial score (nSPS) is 16.8. The second kappa shape index (κ2) is 6.88. The highest BCUT2D eigenvalue weighted by Gasteiger charge is 2.27.